The predicted octanol–water partition coefficient (Wildman–Crippen LogP) is 5.55. The van der Waals surface area contributed by atoms with Gasteiger partial charge in [-0.2, -0.15) is 0 Å². The zero-order valence-corrected chi connectivity index (χ0v) is 13.2. The number of hydrogen-bond acceptors (Lipinski definition) is 1. The maximum Gasteiger partial charge on any atom is 0.118 e. The number of aromatic hydroxyl groups is 1. The molecule has 0 radical (unpaired) electrons. The molecule has 1 N–H and O–H groups in total. The van der Waals surface area contributed by atoms with Crippen LogP contribution in [-0.4, -0.2) is 5.11 Å². The van der Waals surface area contributed by atoms with Crippen LogP contribution in [0.2, 0.25) is 0 Å². The summed E-state index contributed by atoms with van der Waals surface area (Å²) in [6.45, 7) is 0. The summed E-state index contributed by atoms with van der Waals surface area (Å²) in [7, 11) is 0. The van der Waals surface area contributed by atoms with Gasteiger partial charge < -0.3 is 5.11 Å². The van der Waals surface area contributed by atoms with E-state index in [4.69, 9.17) is 0 Å². The van der Waals surface area contributed by atoms with Crippen molar-refractivity contribution in [3.63, 3.8) is 0 Å². The van der Waals surface area contributed by atoms with E-state index in [0.717, 1.165) is 24.8 Å². The third-order valence-electron chi connectivity index (χ3n) is 4.33. The van der Waals surface area contributed by atoms with Gasteiger partial charge >= 0.3 is 0 Å². The lowest BCUT2D eigenvalue weighted by atomic mass is 9.86. The Balaban J connectivity index is 1.74. The SMILES string of the molecule is Oc1ccccc1CCCC(c1ccccc1)c1ccccc1. The number of phenols is 1. The van der Waals surface area contributed by atoms with Crippen molar-refractivity contribution in [3.05, 3.63) is 102 Å². The van der Waals surface area contributed by atoms with Crippen molar-refractivity contribution in [3.8, 4) is 5.75 Å². The van der Waals surface area contributed by atoms with Gasteiger partial charge in [-0.05, 0) is 42.0 Å². The molecule has 0 atom stereocenters. The minimum atomic E-state index is 0.406. The normalized spacial score (nSPS) is 10.8. The molecule has 3 aromatic carbocycles. The lowest BCUT2D eigenvalue weighted by molar-refractivity contribution is 0.466. The molecule has 0 unspecified atom stereocenters. The highest BCUT2D eigenvalue weighted by atomic mass is 16.3. The van der Waals surface area contributed by atoms with Gasteiger partial charge in [0, 0.05) is 5.92 Å². The maximum absolute atomic E-state index is 9.91. The van der Waals surface area contributed by atoms with Crippen molar-refractivity contribution in [2.75, 3.05) is 0 Å². The van der Waals surface area contributed by atoms with E-state index in [9.17, 15) is 5.11 Å². The molecule has 0 saturated carbocycles. The topological polar surface area (TPSA) is 20.2 Å². The third kappa shape index (κ3) is 4.01. The molecule has 0 aromatic heterocycles. The van der Waals surface area contributed by atoms with Gasteiger partial charge in [-0.25, -0.2) is 0 Å². The fourth-order valence-electron chi connectivity index (χ4n) is 3.12. The molecular weight excluding hydrogens is 280 g/mol. The number of rotatable bonds is 6. The van der Waals surface area contributed by atoms with E-state index in [1.807, 2.05) is 18.2 Å². The Labute approximate surface area is 138 Å². The first-order chi connectivity index (χ1) is 11.3. The molecule has 0 fully saturated rings. The summed E-state index contributed by atoms with van der Waals surface area (Å²) in [4.78, 5) is 0. The number of para-hydroxylation sites is 1. The summed E-state index contributed by atoms with van der Waals surface area (Å²) in [5.41, 5.74) is 3.75. The van der Waals surface area contributed by atoms with E-state index in [-0.39, 0.29) is 0 Å². The lowest BCUT2D eigenvalue weighted by Crippen LogP contribution is -2.02. The quantitative estimate of drug-likeness (QED) is 0.633. The number of aryl methyl sites for hydroxylation is 1. The smallest absolute Gasteiger partial charge is 0.118 e. The Morgan fingerprint density at radius 1 is 0.652 bits per heavy atom. The van der Waals surface area contributed by atoms with Crippen LogP contribution < -0.4 is 0 Å². The van der Waals surface area contributed by atoms with E-state index in [0.29, 0.717) is 11.7 Å². The number of hydrogen-bond donors (Lipinski definition) is 1. The maximum atomic E-state index is 9.91. The van der Waals surface area contributed by atoms with Crippen molar-refractivity contribution in [2.24, 2.45) is 0 Å². The van der Waals surface area contributed by atoms with E-state index in [1.54, 1.807) is 6.07 Å². The Kier molecular flexibility index (Phi) is 5.10. The molecule has 0 bridgehead atoms. The van der Waals surface area contributed by atoms with Crippen LogP contribution in [0.4, 0.5) is 0 Å². The zero-order valence-electron chi connectivity index (χ0n) is 13.2. The van der Waals surface area contributed by atoms with Crippen molar-refractivity contribution in [2.45, 2.75) is 25.2 Å². The molecular formula is C22H22O. The Hall–Kier alpha value is -2.54. The molecule has 0 aliphatic heterocycles. The average molecular weight is 302 g/mol. The largest absolute Gasteiger partial charge is 0.508 e. The minimum Gasteiger partial charge on any atom is -0.508 e. The second kappa shape index (κ2) is 7.64. The summed E-state index contributed by atoms with van der Waals surface area (Å²) >= 11 is 0. The van der Waals surface area contributed by atoms with Gasteiger partial charge in [0.15, 0.2) is 0 Å². The van der Waals surface area contributed by atoms with Gasteiger partial charge in [-0.1, -0.05) is 78.9 Å². The first-order valence-corrected chi connectivity index (χ1v) is 8.21. The van der Waals surface area contributed by atoms with Crippen LogP contribution in [-0.2, 0) is 6.42 Å². The van der Waals surface area contributed by atoms with Gasteiger partial charge in [0.25, 0.3) is 0 Å². The van der Waals surface area contributed by atoms with Crippen LogP contribution in [0.5, 0.6) is 5.75 Å². The molecule has 0 heterocycles. The molecule has 23 heavy (non-hydrogen) atoms. The fraction of sp³-hybridized carbons (Fsp3) is 0.182. The van der Waals surface area contributed by atoms with Crippen LogP contribution in [0.3, 0.4) is 0 Å². The minimum absolute atomic E-state index is 0.406. The number of benzene rings is 3. The first kappa shape index (κ1) is 15.4. The zero-order chi connectivity index (χ0) is 15.9. The number of phenolic OH excluding ortho intramolecular Hbond substituents is 1. The second-order valence-corrected chi connectivity index (χ2v) is 5.89. The van der Waals surface area contributed by atoms with E-state index >= 15 is 0 Å². The van der Waals surface area contributed by atoms with E-state index in [1.165, 1.54) is 11.1 Å². The molecule has 0 saturated heterocycles. The molecule has 0 aliphatic rings. The van der Waals surface area contributed by atoms with Crippen molar-refractivity contribution >= 4 is 0 Å². The predicted molar refractivity (Wildman–Crippen MR) is 95.8 cm³/mol. The van der Waals surface area contributed by atoms with Crippen molar-refractivity contribution in [1.29, 1.82) is 0 Å². The molecule has 1 nitrogen and oxygen atoms in total. The highest BCUT2D eigenvalue weighted by Gasteiger charge is 2.13. The molecule has 3 rings (SSSR count). The Morgan fingerprint density at radius 2 is 1.17 bits per heavy atom. The summed E-state index contributed by atoms with van der Waals surface area (Å²) in [5, 5.41) is 9.91. The van der Waals surface area contributed by atoms with Crippen molar-refractivity contribution < 1.29 is 5.11 Å². The van der Waals surface area contributed by atoms with Crippen LogP contribution >= 0.6 is 0 Å². The Morgan fingerprint density at radius 3 is 1.74 bits per heavy atom. The van der Waals surface area contributed by atoms with E-state index in [2.05, 4.69) is 60.7 Å². The monoisotopic (exact) mass is 302 g/mol. The van der Waals surface area contributed by atoms with Gasteiger partial charge in [-0.3, -0.25) is 0 Å². The summed E-state index contributed by atoms with van der Waals surface area (Å²) in [5.74, 6) is 0.812. The standard InChI is InChI=1S/C22H22O/c23-22-17-8-7-14-20(22)15-9-16-21(18-10-3-1-4-11-18)19-12-5-2-6-13-19/h1-8,10-14,17,21,23H,9,15-16H2. The highest BCUT2D eigenvalue weighted by Crippen LogP contribution is 2.30. The van der Waals surface area contributed by atoms with Gasteiger partial charge in [-0.15, -0.1) is 0 Å². The molecule has 1 heteroatoms. The van der Waals surface area contributed by atoms with Gasteiger partial charge in [0.05, 0.1) is 0 Å². The lowest BCUT2D eigenvalue weighted by Gasteiger charge is -2.18. The highest BCUT2D eigenvalue weighted by molar-refractivity contribution is 5.33. The summed E-state index contributed by atoms with van der Waals surface area (Å²) in [6, 6.07) is 29.0. The molecule has 3 aromatic rings. The summed E-state index contributed by atoms with van der Waals surface area (Å²) < 4.78 is 0. The van der Waals surface area contributed by atoms with Gasteiger partial charge in [0.2, 0.25) is 0 Å². The molecule has 0 amide bonds. The van der Waals surface area contributed by atoms with Crippen molar-refractivity contribution in [1.82, 2.24) is 0 Å². The second-order valence-electron chi connectivity index (χ2n) is 5.89. The van der Waals surface area contributed by atoms with Gasteiger partial charge in [0.1, 0.15) is 5.75 Å². The van der Waals surface area contributed by atoms with Crippen LogP contribution in [0.1, 0.15) is 35.4 Å². The van der Waals surface area contributed by atoms with E-state index < -0.39 is 0 Å². The summed E-state index contributed by atoms with van der Waals surface area (Å²) in [6.07, 6.45) is 3.03. The fourth-order valence-corrected chi connectivity index (χ4v) is 3.12. The van der Waals surface area contributed by atoms with Crippen LogP contribution in [0.15, 0.2) is 84.9 Å². The Bertz CT molecular complexity index is 680. The average Bonchev–Trinajstić information content (AvgIpc) is 2.62. The molecule has 0 aliphatic carbocycles. The van der Waals surface area contributed by atoms with Crippen LogP contribution in [0.25, 0.3) is 0 Å². The molecule has 0 spiro atoms. The third-order valence-corrected chi connectivity index (χ3v) is 4.33. The van der Waals surface area contributed by atoms with Crippen LogP contribution in [0, 0.1) is 0 Å². The first-order valence-electron chi connectivity index (χ1n) is 8.21. The molecule has 116 valence electrons.